The molecule has 0 N–H and O–H groups in total. The van der Waals surface area contributed by atoms with Crippen molar-refractivity contribution >= 4 is 5.78 Å². The van der Waals surface area contributed by atoms with E-state index in [-0.39, 0.29) is 5.78 Å². The molecule has 0 atom stereocenters. The number of ether oxygens (including phenoxy) is 1. The lowest BCUT2D eigenvalue weighted by atomic mass is 10.1. The van der Waals surface area contributed by atoms with Crippen molar-refractivity contribution in [3.63, 3.8) is 0 Å². The highest BCUT2D eigenvalue weighted by atomic mass is 16.5. The maximum Gasteiger partial charge on any atom is 0.185 e. The van der Waals surface area contributed by atoms with Gasteiger partial charge in [0.15, 0.2) is 11.5 Å². The Morgan fingerprint density at radius 1 is 1.42 bits per heavy atom. The minimum absolute atomic E-state index is 0.0295. The highest BCUT2D eigenvalue weighted by Gasteiger charge is 2.18. The molecule has 2 rings (SSSR count). The van der Waals surface area contributed by atoms with E-state index in [1.165, 1.54) is 0 Å². The lowest BCUT2D eigenvalue weighted by Crippen LogP contribution is -2.11. The van der Waals surface area contributed by atoms with E-state index in [1.54, 1.807) is 24.2 Å². The van der Waals surface area contributed by atoms with Gasteiger partial charge in [-0.25, -0.2) is 0 Å². The van der Waals surface area contributed by atoms with Crippen LogP contribution in [0, 0.1) is 0 Å². The van der Waals surface area contributed by atoms with Crippen molar-refractivity contribution in [2.45, 2.75) is 26.3 Å². The molecule has 0 aliphatic rings. The zero-order chi connectivity index (χ0) is 13.7. The van der Waals surface area contributed by atoms with Crippen LogP contribution in [0.15, 0.2) is 30.6 Å². The number of rotatable bonds is 6. The number of hydrogen-bond donors (Lipinski definition) is 0. The van der Waals surface area contributed by atoms with Gasteiger partial charge in [-0.15, -0.1) is 0 Å². The summed E-state index contributed by atoms with van der Waals surface area (Å²) in [6.45, 7) is 2.59. The molecule has 2 aromatic rings. The third-order valence-electron chi connectivity index (χ3n) is 2.92. The zero-order valence-corrected chi connectivity index (χ0v) is 11.2. The average Bonchev–Trinajstić information content (AvgIpc) is 2.89. The molecule has 0 unspecified atom stereocenters. The van der Waals surface area contributed by atoms with Gasteiger partial charge in [-0.2, -0.15) is 5.10 Å². The summed E-state index contributed by atoms with van der Waals surface area (Å²) in [4.78, 5) is 16.5. The first kappa shape index (κ1) is 13.3. The van der Waals surface area contributed by atoms with Gasteiger partial charge >= 0.3 is 0 Å². The molecule has 100 valence electrons. The number of ketones is 1. The quantitative estimate of drug-likeness (QED) is 0.746. The Kier molecular flexibility index (Phi) is 4.28. The highest BCUT2D eigenvalue weighted by molar-refractivity contribution is 5.97. The summed E-state index contributed by atoms with van der Waals surface area (Å²) in [6.07, 6.45) is 4.34. The van der Waals surface area contributed by atoms with Crippen molar-refractivity contribution in [3.05, 3.63) is 42.0 Å². The summed E-state index contributed by atoms with van der Waals surface area (Å²) < 4.78 is 6.85. The SMILES string of the molecule is CCn1ncc(OC)c1C(=O)CCc1ccccn1. The average molecular weight is 259 g/mol. The van der Waals surface area contributed by atoms with E-state index in [0.29, 0.717) is 30.8 Å². The van der Waals surface area contributed by atoms with Crippen molar-refractivity contribution in [2.24, 2.45) is 0 Å². The molecular formula is C14H17N3O2. The number of pyridine rings is 1. The number of aromatic nitrogens is 3. The summed E-state index contributed by atoms with van der Waals surface area (Å²) in [6, 6.07) is 5.70. The molecule has 0 radical (unpaired) electrons. The van der Waals surface area contributed by atoms with E-state index in [2.05, 4.69) is 10.1 Å². The van der Waals surface area contributed by atoms with Crippen LogP contribution in [0.1, 0.15) is 29.5 Å². The standard InChI is InChI=1S/C14H17N3O2/c1-3-17-14(13(19-2)10-16-17)12(18)8-7-11-6-4-5-9-15-11/h4-6,9-10H,3,7-8H2,1-2H3. The van der Waals surface area contributed by atoms with Crippen LogP contribution >= 0.6 is 0 Å². The Labute approximate surface area is 112 Å². The molecule has 0 spiro atoms. The van der Waals surface area contributed by atoms with Gasteiger partial charge in [-0.05, 0) is 25.5 Å². The van der Waals surface area contributed by atoms with Gasteiger partial charge in [0.05, 0.1) is 13.3 Å². The number of nitrogens with zero attached hydrogens (tertiary/aromatic N) is 3. The van der Waals surface area contributed by atoms with E-state index >= 15 is 0 Å². The molecule has 0 saturated carbocycles. The molecule has 0 amide bonds. The highest BCUT2D eigenvalue weighted by Crippen LogP contribution is 2.19. The van der Waals surface area contributed by atoms with E-state index in [0.717, 1.165) is 5.69 Å². The first-order valence-electron chi connectivity index (χ1n) is 6.29. The van der Waals surface area contributed by atoms with Crippen LogP contribution in [0.3, 0.4) is 0 Å². The van der Waals surface area contributed by atoms with E-state index in [4.69, 9.17) is 4.74 Å². The van der Waals surface area contributed by atoms with Gasteiger partial charge in [-0.1, -0.05) is 6.07 Å². The van der Waals surface area contributed by atoms with Crippen molar-refractivity contribution in [1.82, 2.24) is 14.8 Å². The van der Waals surface area contributed by atoms with Gasteiger partial charge < -0.3 is 4.74 Å². The Hall–Kier alpha value is -2.17. The maximum absolute atomic E-state index is 12.3. The number of hydrogen-bond acceptors (Lipinski definition) is 4. The number of carbonyl (C=O) groups is 1. The first-order chi connectivity index (χ1) is 9.26. The fourth-order valence-electron chi connectivity index (χ4n) is 1.94. The van der Waals surface area contributed by atoms with Crippen molar-refractivity contribution < 1.29 is 9.53 Å². The fraction of sp³-hybridized carbons (Fsp3) is 0.357. The van der Waals surface area contributed by atoms with Gasteiger partial charge in [0.25, 0.3) is 0 Å². The second-order valence-corrected chi connectivity index (χ2v) is 4.12. The molecule has 0 bridgehead atoms. The Morgan fingerprint density at radius 3 is 2.89 bits per heavy atom. The summed E-state index contributed by atoms with van der Waals surface area (Å²) in [7, 11) is 1.55. The maximum atomic E-state index is 12.3. The predicted molar refractivity (Wildman–Crippen MR) is 71.3 cm³/mol. The molecule has 0 fully saturated rings. The summed E-state index contributed by atoms with van der Waals surface area (Å²) in [5.41, 5.74) is 1.46. The zero-order valence-electron chi connectivity index (χ0n) is 11.2. The van der Waals surface area contributed by atoms with Crippen LogP contribution in [0.2, 0.25) is 0 Å². The normalized spacial score (nSPS) is 10.4. The lowest BCUT2D eigenvalue weighted by Gasteiger charge is -2.06. The molecule has 0 aromatic carbocycles. The molecule has 5 nitrogen and oxygen atoms in total. The van der Waals surface area contributed by atoms with Gasteiger partial charge in [-0.3, -0.25) is 14.5 Å². The molecular weight excluding hydrogens is 242 g/mol. The molecule has 5 heteroatoms. The van der Waals surface area contributed by atoms with E-state index in [1.807, 2.05) is 25.1 Å². The topological polar surface area (TPSA) is 57.0 Å². The number of aryl methyl sites for hydroxylation is 2. The van der Waals surface area contributed by atoms with Crippen molar-refractivity contribution in [3.8, 4) is 5.75 Å². The van der Waals surface area contributed by atoms with Gasteiger partial charge in [0, 0.05) is 24.9 Å². The largest absolute Gasteiger partial charge is 0.493 e. The first-order valence-corrected chi connectivity index (χ1v) is 6.29. The molecule has 0 aliphatic heterocycles. The fourth-order valence-corrected chi connectivity index (χ4v) is 1.94. The van der Waals surface area contributed by atoms with Crippen LogP contribution in [0.5, 0.6) is 5.75 Å². The Morgan fingerprint density at radius 2 is 2.26 bits per heavy atom. The van der Waals surface area contributed by atoms with E-state index < -0.39 is 0 Å². The van der Waals surface area contributed by atoms with Crippen LogP contribution in [0.4, 0.5) is 0 Å². The number of methoxy groups -OCH3 is 1. The molecule has 2 heterocycles. The van der Waals surface area contributed by atoms with Gasteiger partial charge in [0.2, 0.25) is 0 Å². The third kappa shape index (κ3) is 2.99. The molecule has 2 aromatic heterocycles. The van der Waals surface area contributed by atoms with Crippen molar-refractivity contribution in [1.29, 1.82) is 0 Å². The smallest absolute Gasteiger partial charge is 0.185 e. The van der Waals surface area contributed by atoms with Crippen LogP contribution in [-0.4, -0.2) is 27.7 Å². The molecule has 0 aliphatic carbocycles. The number of carbonyl (C=O) groups excluding carboxylic acids is 1. The van der Waals surface area contributed by atoms with Crippen LogP contribution < -0.4 is 4.74 Å². The summed E-state index contributed by atoms with van der Waals surface area (Å²) >= 11 is 0. The minimum Gasteiger partial charge on any atom is -0.493 e. The Bertz CT molecular complexity index is 528. The monoisotopic (exact) mass is 259 g/mol. The van der Waals surface area contributed by atoms with Crippen molar-refractivity contribution in [2.75, 3.05) is 7.11 Å². The number of Topliss-reactive ketones (excluding diaryl/α,β-unsaturated/α-hetero) is 1. The predicted octanol–water partition coefficient (Wildman–Crippen LogP) is 2.12. The minimum atomic E-state index is 0.0295. The lowest BCUT2D eigenvalue weighted by molar-refractivity contribution is 0.0969. The summed E-state index contributed by atoms with van der Waals surface area (Å²) in [5.74, 6) is 0.565. The summed E-state index contributed by atoms with van der Waals surface area (Å²) in [5, 5.41) is 4.14. The second-order valence-electron chi connectivity index (χ2n) is 4.12. The van der Waals surface area contributed by atoms with Crippen LogP contribution in [-0.2, 0) is 13.0 Å². The Balaban J connectivity index is 2.09. The van der Waals surface area contributed by atoms with Crippen LogP contribution in [0.25, 0.3) is 0 Å². The van der Waals surface area contributed by atoms with Gasteiger partial charge in [0.1, 0.15) is 5.69 Å². The molecule has 0 saturated heterocycles. The second kappa shape index (κ2) is 6.13. The molecule has 19 heavy (non-hydrogen) atoms. The van der Waals surface area contributed by atoms with E-state index in [9.17, 15) is 4.79 Å². The third-order valence-corrected chi connectivity index (χ3v) is 2.92.